The fourth-order valence-electron chi connectivity index (χ4n) is 2.74. The number of sulfonamides is 1. The summed E-state index contributed by atoms with van der Waals surface area (Å²) in [4.78, 5) is 12.8. The molecule has 1 amide bonds. The van der Waals surface area contributed by atoms with Crippen LogP contribution >= 0.6 is 11.3 Å². The first-order valence-electron chi connectivity index (χ1n) is 8.63. The molecule has 0 fully saturated rings. The van der Waals surface area contributed by atoms with Crippen LogP contribution in [-0.2, 0) is 14.8 Å². The number of methoxy groups -OCH3 is 1. The van der Waals surface area contributed by atoms with Gasteiger partial charge in [-0.2, -0.15) is 0 Å². The Morgan fingerprint density at radius 3 is 2.52 bits per heavy atom. The van der Waals surface area contributed by atoms with Crippen LogP contribution in [0.4, 0.5) is 10.8 Å². The molecule has 1 atom stereocenters. The van der Waals surface area contributed by atoms with Crippen molar-refractivity contribution >= 4 is 38.1 Å². The summed E-state index contributed by atoms with van der Waals surface area (Å²) in [6.07, 6.45) is 1.05. The quantitative estimate of drug-likeness (QED) is 0.616. The average molecular weight is 433 g/mol. The number of amides is 1. The van der Waals surface area contributed by atoms with Gasteiger partial charge in [-0.25, -0.2) is 8.42 Å². The van der Waals surface area contributed by atoms with Gasteiger partial charge in [-0.15, -0.1) is 10.2 Å². The molecule has 0 aliphatic rings. The standard InChI is InChI=1S/C19H20N4O4S2/c1-13(23(29(3,25)26)15-10-7-11-16(12-15)27-2)17(24)20-19-22-21-18(28-19)14-8-5-4-6-9-14/h4-13H,1-3H3,(H,20,22,24)/t13-/m1/s1. The highest BCUT2D eigenvalue weighted by atomic mass is 32.2. The molecule has 0 saturated heterocycles. The molecule has 0 saturated carbocycles. The molecule has 0 spiro atoms. The lowest BCUT2D eigenvalue weighted by molar-refractivity contribution is -0.116. The van der Waals surface area contributed by atoms with Crippen LogP contribution in [0.1, 0.15) is 6.92 Å². The summed E-state index contributed by atoms with van der Waals surface area (Å²) < 4.78 is 31.0. The van der Waals surface area contributed by atoms with E-state index in [9.17, 15) is 13.2 Å². The van der Waals surface area contributed by atoms with Crippen LogP contribution in [0.3, 0.4) is 0 Å². The third-order valence-corrected chi connectivity index (χ3v) is 6.20. The zero-order chi connectivity index (χ0) is 21.0. The first-order valence-corrected chi connectivity index (χ1v) is 11.3. The zero-order valence-corrected chi connectivity index (χ0v) is 17.7. The smallest absolute Gasteiger partial charge is 0.249 e. The number of nitrogens with one attached hydrogen (secondary N) is 1. The number of hydrogen-bond donors (Lipinski definition) is 1. The van der Waals surface area contributed by atoms with E-state index in [1.54, 1.807) is 24.3 Å². The summed E-state index contributed by atoms with van der Waals surface area (Å²) in [7, 11) is -2.25. The molecule has 1 aromatic heterocycles. The van der Waals surface area contributed by atoms with Gasteiger partial charge >= 0.3 is 0 Å². The molecule has 152 valence electrons. The Kier molecular flexibility index (Phi) is 6.14. The van der Waals surface area contributed by atoms with E-state index in [1.807, 2.05) is 30.3 Å². The Morgan fingerprint density at radius 2 is 1.86 bits per heavy atom. The summed E-state index contributed by atoms with van der Waals surface area (Å²) in [5.41, 5.74) is 1.21. The summed E-state index contributed by atoms with van der Waals surface area (Å²) in [6.45, 7) is 1.51. The highest BCUT2D eigenvalue weighted by Crippen LogP contribution is 2.28. The van der Waals surface area contributed by atoms with Crippen LogP contribution in [0.25, 0.3) is 10.6 Å². The van der Waals surface area contributed by atoms with Crippen molar-refractivity contribution < 1.29 is 17.9 Å². The minimum absolute atomic E-state index is 0.291. The number of carbonyl (C=O) groups is 1. The molecule has 8 nitrogen and oxygen atoms in total. The van der Waals surface area contributed by atoms with Crippen LogP contribution in [0.2, 0.25) is 0 Å². The number of benzene rings is 2. The number of nitrogens with zero attached hydrogens (tertiary/aromatic N) is 3. The van der Waals surface area contributed by atoms with Gasteiger partial charge in [-0.3, -0.25) is 14.4 Å². The first-order chi connectivity index (χ1) is 13.8. The molecule has 1 N–H and O–H groups in total. The second-order valence-electron chi connectivity index (χ2n) is 6.20. The van der Waals surface area contributed by atoms with E-state index >= 15 is 0 Å². The zero-order valence-electron chi connectivity index (χ0n) is 16.1. The van der Waals surface area contributed by atoms with Gasteiger partial charge < -0.3 is 4.74 Å². The highest BCUT2D eigenvalue weighted by molar-refractivity contribution is 7.92. The lowest BCUT2D eigenvalue weighted by atomic mass is 10.2. The number of ether oxygens (including phenoxy) is 1. The molecule has 0 bridgehead atoms. The van der Waals surface area contributed by atoms with Gasteiger partial charge in [-0.05, 0) is 19.1 Å². The fraction of sp³-hybridized carbons (Fsp3) is 0.211. The SMILES string of the molecule is COc1cccc(N([C@H](C)C(=O)Nc2nnc(-c3ccccc3)s2)S(C)(=O)=O)c1. The van der Waals surface area contributed by atoms with E-state index in [0.29, 0.717) is 21.6 Å². The monoisotopic (exact) mass is 432 g/mol. The van der Waals surface area contributed by atoms with E-state index < -0.39 is 22.0 Å². The van der Waals surface area contributed by atoms with Crippen molar-refractivity contribution in [1.82, 2.24) is 10.2 Å². The van der Waals surface area contributed by atoms with Crippen molar-refractivity contribution in [2.45, 2.75) is 13.0 Å². The second-order valence-corrected chi connectivity index (χ2v) is 9.04. The van der Waals surface area contributed by atoms with Crippen LogP contribution < -0.4 is 14.4 Å². The molecule has 0 aliphatic heterocycles. The highest BCUT2D eigenvalue weighted by Gasteiger charge is 2.30. The molecule has 0 radical (unpaired) electrons. The van der Waals surface area contributed by atoms with E-state index in [0.717, 1.165) is 16.1 Å². The van der Waals surface area contributed by atoms with Crippen LogP contribution in [-0.4, -0.2) is 43.9 Å². The molecule has 0 unspecified atom stereocenters. The predicted molar refractivity (Wildman–Crippen MR) is 114 cm³/mol. The van der Waals surface area contributed by atoms with Crippen LogP contribution in [0.5, 0.6) is 5.75 Å². The first kappa shape index (κ1) is 20.7. The van der Waals surface area contributed by atoms with Crippen molar-refractivity contribution in [3.05, 3.63) is 54.6 Å². The van der Waals surface area contributed by atoms with Gasteiger partial charge in [-0.1, -0.05) is 47.7 Å². The van der Waals surface area contributed by atoms with Gasteiger partial charge in [0.15, 0.2) is 0 Å². The van der Waals surface area contributed by atoms with Crippen molar-refractivity contribution in [2.24, 2.45) is 0 Å². The minimum atomic E-state index is -3.73. The Hall–Kier alpha value is -2.98. The Balaban J connectivity index is 1.82. The molecular weight excluding hydrogens is 412 g/mol. The summed E-state index contributed by atoms with van der Waals surface area (Å²) >= 11 is 1.21. The molecular formula is C19H20N4O4S2. The summed E-state index contributed by atoms with van der Waals surface area (Å²) in [5, 5.41) is 11.7. The molecule has 2 aromatic carbocycles. The number of carbonyl (C=O) groups excluding carboxylic acids is 1. The summed E-state index contributed by atoms with van der Waals surface area (Å²) in [6, 6.07) is 15.0. The maximum atomic E-state index is 12.8. The summed E-state index contributed by atoms with van der Waals surface area (Å²) in [5.74, 6) is -0.0330. The fourth-order valence-corrected chi connectivity index (χ4v) is 4.66. The van der Waals surface area contributed by atoms with E-state index in [-0.39, 0.29) is 0 Å². The lowest BCUT2D eigenvalue weighted by Crippen LogP contribution is -2.45. The predicted octanol–water partition coefficient (Wildman–Crippen LogP) is 3.01. The van der Waals surface area contributed by atoms with Crippen molar-refractivity contribution in [1.29, 1.82) is 0 Å². The number of aromatic nitrogens is 2. The molecule has 3 rings (SSSR count). The number of hydrogen-bond acceptors (Lipinski definition) is 7. The topological polar surface area (TPSA) is 101 Å². The minimum Gasteiger partial charge on any atom is -0.497 e. The van der Waals surface area contributed by atoms with Gasteiger partial charge in [0.2, 0.25) is 21.1 Å². The Labute approximate surface area is 173 Å². The lowest BCUT2D eigenvalue weighted by Gasteiger charge is -2.28. The van der Waals surface area contributed by atoms with E-state index in [2.05, 4.69) is 15.5 Å². The van der Waals surface area contributed by atoms with Crippen molar-refractivity contribution in [2.75, 3.05) is 23.0 Å². The average Bonchev–Trinajstić information content (AvgIpc) is 3.16. The van der Waals surface area contributed by atoms with E-state index in [4.69, 9.17) is 4.74 Å². The van der Waals surface area contributed by atoms with E-state index in [1.165, 1.54) is 25.4 Å². The van der Waals surface area contributed by atoms with Crippen molar-refractivity contribution in [3.8, 4) is 16.3 Å². The Bertz CT molecular complexity index is 1100. The van der Waals surface area contributed by atoms with Crippen LogP contribution in [0.15, 0.2) is 54.6 Å². The third kappa shape index (κ3) is 4.90. The second kappa shape index (κ2) is 8.58. The molecule has 1 heterocycles. The van der Waals surface area contributed by atoms with Gasteiger partial charge in [0.05, 0.1) is 19.1 Å². The van der Waals surface area contributed by atoms with Gasteiger partial charge in [0.1, 0.15) is 16.8 Å². The number of rotatable bonds is 7. The normalized spacial score (nSPS) is 12.2. The third-order valence-electron chi connectivity index (χ3n) is 4.07. The maximum Gasteiger partial charge on any atom is 0.249 e. The molecule has 29 heavy (non-hydrogen) atoms. The molecule has 0 aliphatic carbocycles. The number of anilines is 2. The Morgan fingerprint density at radius 1 is 1.14 bits per heavy atom. The largest absolute Gasteiger partial charge is 0.497 e. The van der Waals surface area contributed by atoms with Gasteiger partial charge in [0, 0.05) is 11.6 Å². The molecule has 10 heteroatoms. The van der Waals surface area contributed by atoms with Crippen LogP contribution in [0, 0.1) is 0 Å². The molecule has 3 aromatic rings. The maximum absolute atomic E-state index is 12.8. The van der Waals surface area contributed by atoms with Gasteiger partial charge in [0.25, 0.3) is 0 Å². The van der Waals surface area contributed by atoms with Crippen molar-refractivity contribution in [3.63, 3.8) is 0 Å².